The van der Waals surface area contributed by atoms with Crippen LogP contribution in [0.15, 0.2) is 24.3 Å². The van der Waals surface area contributed by atoms with Gasteiger partial charge in [0.05, 0.1) is 24.0 Å². The standard InChI is InChI=1S/C19H25N3O4/c1-3-26-19(25)13-4-6-14(7-5-13)20-17(23)15-12-16(15)18(24)22-10-8-21(2)9-11-22/h4-7,15-16H,3,8-12H2,1-2H3,(H,20,23). The summed E-state index contributed by atoms with van der Waals surface area (Å²) in [6.07, 6.45) is 0.609. The van der Waals surface area contributed by atoms with Crippen LogP contribution < -0.4 is 5.32 Å². The van der Waals surface area contributed by atoms with Crippen LogP contribution in [-0.4, -0.2) is 67.4 Å². The largest absolute Gasteiger partial charge is 0.462 e. The molecule has 1 aromatic carbocycles. The maximum Gasteiger partial charge on any atom is 0.338 e. The highest BCUT2D eigenvalue weighted by molar-refractivity contribution is 6.00. The summed E-state index contributed by atoms with van der Waals surface area (Å²) in [5.41, 5.74) is 1.06. The molecule has 0 aromatic heterocycles. The second-order valence-electron chi connectivity index (χ2n) is 6.86. The van der Waals surface area contributed by atoms with Gasteiger partial charge in [0.1, 0.15) is 0 Å². The van der Waals surface area contributed by atoms with Crippen molar-refractivity contribution in [3.63, 3.8) is 0 Å². The molecule has 1 saturated carbocycles. The van der Waals surface area contributed by atoms with Gasteiger partial charge in [0.25, 0.3) is 0 Å². The fraction of sp³-hybridized carbons (Fsp3) is 0.526. The Morgan fingerprint density at radius 1 is 1.08 bits per heavy atom. The number of piperazine rings is 1. The SMILES string of the molecule is CCOC(=O)c1ccc(NC(=O)C2CC2C(=O)N2CCN(C)CC2)cc1. The lowest BCUT2D eigenvalue weighted by atomic mass is 10.2. The van der Waals surface area contributed by atoms with Crippen molar-refractivity contribution in [1.29, 1.82) is 0 Å². The van der Waals surface area contributed by atoms with E-state index in [1.54, 1.807) is 31.2 Å². The molecule has 0 bridgehead atoms. The smallest absolute Gasteiger partial charge is 0.338 e. The average Bonchev–Trinajstić information content (AvgIpc) is 3.43. The van der Waals surface area contributed by atoms with Crippen LogP contribution in [0.5, 0.6) is 0 Å². The van der Waals surface area contributed by atoms with Gasteiger partial charge < -0.3 is 19.9 Å². The first kappa shape index (κ1) is 18.4. The van der Waals surface area contributed by atoms with Crippen molar-refractivity contribution >= 4 is 23.5 Å². The molecule has 26 heavy (non-hydrogen) atoms. The monoisotopic (exact) mass is 359 g/mol. The highest BCUT2D eigenvalue weighted by Crippen LogP contribution is 2.41. The third kappa shape index (κ3) is 4.22. The van der Waals surface area contributed by atoms with E-state index in [9.17, 15) is 14.4 Å². The molecule has 0 radical (unpaired) electrons. The van der Waals surface area contributed by atoms with E-state index in [1.807, 2.05) is 11.9 Å². The van der Waals surface area contributed by atoms with Crippen LogP contribution in [0.4, 0.5) is 5.69 Å². The summed E-state index contributed by atoms with van der Waals surface area (Å²) >= 11 is 0. The van der Waals surface area contributed by atoms with Gasteiger partial charge in [-0.1, -0.05) is 0 Å². The van der Waals surface area contributed by atoms with Gasteiger partial charge in [-0.3, -0.25) is 9.59 Å². The van der Waals surface area contributed by atoms with Crippen molar-refractivity contribution in [1.82, 2.24) is 9.80 Å². The summed E-state index contributed by atoms with van der Waals surface area (Å²) in [5, 5.41) is 2.83. The second-order valence-corrected chi connectivity index (χ2v) is 6.86. The number of benzene rings is 1. The summed E-state index contributed by atoms with van der Waals surface area (Å²) in [4.78, 5) is 40.5. The molecule has 1 heterocycles. The van der Waals surface area contributed by atoms with Crippen molar-refractivity contribution in [2.75, 3.05) is 45.2 Å². The number of nitrogens with zero attached hydrogens (tertiary/aromatic N) is 2. The van der Waals surface area contributed by atoms with E-state index in [4.69, 9.17) is 4.74 Å². The zero-order valence-electron chi connectivity index (χ0n) is 15.2. The Hall–Kier alpha value is -2.41. The number of ether oxygens (including phenoxy) is 1. The maximum atomic E-state index is 12.5. The first-order valence-corrected chi connectivity index (χ1v) is 9.05. The Kier molecular flexibility index (Phi) is 5.56. The van der Waals surface area contributed by atoms with Crippen LogP contribution in [0.2, 0.25) is 0 Å². The minimum absolute atomic E-state index is 0.0934. The molecule has 7 heteroatoms. The van der Waals surface area contributed by atoms with Crippen LogP contribution in [0.3, 0.4) is 0 Å². The predicted molar refractivity (Wildman–Crippen MR) is 96.7 cm³/mol. The fourth-order valence-corrected chi connectivity index (χ4v) is 3.16. The molecule has 7 nitrogen and oxygen atoms in total. The van der Waals surface area contributed by atoms with Crippen molar-refractivity contribution in [2.45, 2.75) is 13.3 Å². The molecule has 2 amide bonds. The fourth-order valence-electron chi connectivity index (χ4n) is 3.16. The van der Waals surface area contributed by atoms with Crippen molar-refractivity contribution in [2.24, 2.45) is 11.8 Å². The van der Waals surface area contributed by atoms with Gasteiger partial charge in [-0.05, 0) is 44.7 Å². The van der Waals surface area contributed by atoms with E-state index in [1.165, 1.54) is 0 Å². The molecule has 1 saturated heterocycles. The molecule has 1 N–H and O–H groups in total. The van der Waals surface area contributed by atoms with Gasteiger partial charge in [-0.2, -0.15) is 0 Å². The van der Waals surface area contributed by atoms with Gasteiger partial charge in [-0.25, -0.2) is 4.79 Å². The molecule has 3 rings (SSSR count). The lowest BCUT2D eigenvalue weighted by molar-refractivity contribution is -0.135. The van der Waals surface area contributed by atoms with E-state index in [-0.39, 0.29) is 29.6 Å². The normalized spacial score (nSPS) is 22.6. The van der Waals surface area contributed by atoms with Crippen molar-refractivity contribution in [3.8, 4) is 0 Å². The van der Waals surface area contributed by atoms with Gasteiger partial charge in [0, 0.05) is 31.9 Å². The third-order valence-electron chi connectivity index (χ3n) is 4.92. The summed E-state index contributed by atoms with van der Waals surface area (Å²) in [6.45, 7) is 5.29. The van der Waals surface area contributed by atoms with E-state index < -0.39 is 0 Å². The number of carbonyl (C=O) groups excluding carboxylic acids is 3. The molecule has 1 aliphatic heterocycles. The number of hydrogen-bond donors (Lipinski definition) is 1. The van der Waals surface area contributed by atoms with E-state index in [0.29, 0.717) is 24.3 Å². The second kappa shape index (κ2) is 7.86. The van der Waals surface area contributed by atoms with Crippen molar-refractivity contribution in [3.05, 3.63) is 29.8 Å². The molecule has 2 fully saturated rings. The molecule has 1 aliphatic carbocycles. The van der Waals surface area contributed by atoms with E-state index in [0.717, 1.165) is 26.2 Å². The lowest BCUT2D eigenvalue weighted by Crippen LogP contribution is -2.48. The minimum Gasteiger partial charge on any atom is -0.462 e. The van der Waals surface area contributed by atoms with Crippen molar-refractivity contribution < 1.29 is 19.1 Å². The van der Waals surface area contributed by atoms with Gasteiger partial charge >= 0.3 is 5.97 Å². The third-order valence-corrected chi connectivity index (χ3v) is 4.92. The molecule has 0 spiro atoms. The number of anilines is 1. The first-order valence-electron chi connectivity index (χ1n) is 9.05. The zero-order valence-corrected chi connectivity index (χ0v) is 15.2. The minimum atomic E-state index is -0.384. The number of likely N-dealkylation sites (N-methyl/N-ethyl adjacent to an activating group) is 1. The highest BCUT2D eigenvalue weighted by atomic mass is 16.5. The molecule has 1 aromatic rings. The lowest BCUT2D eigenvalue weighted by Gasteiger charge is -2.32. The number of rotatable bonds is 5. The topological polar surface area (TPSA) is 78.9 Å². The number of hydrogen-bond acceptors (Lipinski definition) is 5. The Bertz CT molecular complexity index is 681. The number of nitrogens with one attached hydrogen (secondary N) is 1. The van der Waals surface area contributed by atoms with Crippen LogP contribution in [0, 0.1) is 11.8 Å². The zero-order chi connectivity index (χ0) is 18.7. The Morgan fingerprint density at radius 3 is 2.35 bits per heavy atom. The van der Waals surface area contributed by atoms with Gasteiger partial charge in [0.2, 0.25) is 11.8 Å². The molecule has 2 atom stereocenters. The maximum absolute atomic E-state index is 12.5. The summed E-state index contributed by atoms with van der Waals surface area (Å²) in [6, 6.07) is 6.58. The van der Waals surface area contributed by atoms with E-state index >= 15 is 0 Å². The Labute approximate surface area is 153 Å². The molecule has 2 aliphatic rings. The average molecular weight is 359 g/mol. The van der Waals surface area contributed by atoms with Crippen LogP contribution in [0.25, 0.3) is 0 Å². The van der Waals surface area contributed by atoms with Crippen LogP contribution in [-0.2, 0) is 14.3 Å². The highest BCUT2D eigenvalue weighted by Gasteiger charge is 2.49. The predicted octanol–water partition coefficient (Wildman–Crippen LogP) is 1.21. The van der Waals surface area contributed by atoms with Gasteiger partial charge in [0.15, 0.2) is 0 Å². The first-order chi connectivity index (χ1) is 12.5. The number of amides is 2. The Morgan fingerprint density at radius 2 is 1.73 bits per heavy atom. The molecule has 140 valence electrons. The quantitative estimate of drug-likeness (QED) is 0.800. The summed E-state index contributed by atoms with van der Waals surface area (Å²) in [5.74, 6) is -0.883. The summed E-state index contributed by atoms with van der Waals surface area (Å²) in [7, 11) is 2.04. The molecular weight excluding hydrogens is 334 g/mol. The number of carbonyl (C=O) groups is 3. The summed E-state index contributed by atoms with van der Waals surface area (Å²) < 4.78 is 4.93. The van der Waals surface area contributed by atoms with Crippen LogP contribution >= 0.6 is 0 Å². The molecule has 2 unspecified atom stereocenters. The number of esters is 1. The van der Waals surface area contributed by atoms with E-state index in [2.05, 4.69) is 10.2 Å². The molecular formula is C19H25N3O4. The van der Waals surface area contributed by atoms with Crippen LogP contribution in [0.1, 0.15) is 23.7 Å². The van der Waals surface area contributed by atoms with Gasteiger partial charge in [-0.15, -0.1) is 0 Å². The Balaban J connectivity index is 1.50.